The lowest BCUT2D eigenvalue weighted by Crippen LogP contribution is -2.19. The number of nitrogens with zero attached hydrogens (tertiary/aromatic N) is 2. The van der Waals surface area contributed by atoms with Crippen LogP contribution in [0.3, 0.4) is 0 Å². The van der Waals surface area contributed by atoms with Crippen molar-refractivity contribution in [3.63, 3.8) is 0 Å². The van der Waals surface area contributed by atoms with Crippen LogP contribution in [0.25, 0.3) is 0 Å². The van der Waals surface area contributed by atoms with E-state index in [0.717, 1.165) is 22.1 Å². The average molecular weight is 419 g/mol. The molecule has 28 heavy (non-hydrogen) atoms. The number of urea groups is 1. The summed E-state index contributed by atoms with van der Waals surface area (Å²) in [7, 11) is 0. The molecule has 146 valence electrons. The van der Waals surface area contributed by atoms with E-state index in [2.05, 4.69) is 20.8 Å². The van der Waals surface area contributed by atoms with Gasteiger partial charge < -0.3 is 10.1 Å². The summed E-state index contributed by atoms with van der Waals surface area (Å²) in [6.45, 7) is 2.51. The zero-order valence-corrected chi connectivity index (χ0v) is 16.8. The maximum atomic E-state index is 12.9. The van der Waals surface area contributed by atoms with Crippen LogP contribution < -0.4 is 15.4 Å². The van der Waals surface area contributed by atoms with Gasteiger partial charge in [0.1, 0.15) is 16.6 Å². The molecule has 2 amide bonds. The van der Waals surface area contributed by atoms with E-state index in [1.54, 1.807) is 48.2 Å². The summed E-state index contributed by atoms with van der Waals surface area (Å²) >= 11 is 2.97. The molecule has 0 saturated carbocycles. The minimum atomic E-state index is -0.383. The molecule has 0 aliphatic carbocycles. The number of ether oxygens (including phenoxy) is 1. The predicted molar refractivity (Wildman–Crippen MR) is 112 cm³/mol. The van der Waals surface area contributed by atoms with E-state index in [9.17, 15) is 9.18 Å². The zero-order valence-electron chi connectivity index (χ0n) is 15.1. The molecule has 0 aliphatic heterocycles. The number of aromatic nitrogens is 2. The highest BCUT2D eigenvalue weighted by Crippen LogP contribution is 2.23. The van der Waals surface area contributed by atoms with E-state index in [1.807, 2.05) is 6.92 Å². The van der Waals surface area contributed by atoms with Crippen molar-refractivity contribution in [3.05, 3.63) is 64.9 Å². The number of carbonyl (C=O) groups is 1. The summed E-state index contributed by atoms with van der Waals surface area (Å²) in [4.78, 5) is 12.1. The van der Waals surface area contributed by atoms with Crippen LogP contribution >= 0.6 is 23.1 Å². The number of halogens is 1. The van der Waals surface area contributed by atoms with E-state index in [4.69, 9.17) is 4.74 Å². The molecule has 1 aromatic heterocycles. The molecule has 0 unspecified atom stereocenters. The predicted octanol–water partition coefficient (Wildman–Crippen LogP) is 5.15. The molecular formula is C19H19FN4O2S2. The number of hydrogen-bond acceptors (Lipinski definition) is 6. The standard InChI is InChI=1S/C19H19FN4O2S2/c1-2-26-16-9-7-15(8-10-16)21-18(25)22-19-24-23-17(28-19)12-27-11-13-3-5-14(20)6-4-13/h3-10H,2,11-12H2,1H3,(H2,21,22,24,25). The SMILES string of the molecule is CCOc1ccc(NC(=O)Nc2nnc(CSCc3ccc(F)cc3)s2)cc1. The van der Waals surface area contributed by atoms with Crippen molar-refractivity contribution in [1.29, 1.82) is 0 Å². The van der Waals surface area contributed by atoms with E-state index >= 15 is 0 Å². The van der Waals surface area contributed by atoms with Gasteiger partial charge in [0.15, 0.2) is 0 Å². The summed E-state index contributed by atoms with van der Waals surface area (Å²) < 4.78 is 18.3. The zero-order chi connectivity index (χ0) is 19.8. The molecule has 2 aromatic carbocycles. The van der Waals surface area contributed by atoms with Crippen molar-refractivity contribution >= 4 is 39.9 Å². The Hall–Kier alpha value is -2.65. The Morgan fingerprint density at radius 3 is 2.54 bits per heavy atom. The first-order valence-corrected chi connectivity index (χ1v) is 10.5. The summed E-state index contributed by atoms with van der Waals surface area (Å²) in [5.74, 6) is 1.93. The van der Waals surface area contributed by atoms with Crippen molar-refractivity contribution in [2.45, 2.75) is 18.4 Å². The molecule has 3 rings (SSSR count). The van der Waals surface area contributed by atoms with Crippen LogP contribution in [-0.4, -0.2) is 22.8 Å². The monoisotopic (exact) mass is 418 g/mol. The lowest BCUT2D eigenvalue weighted by atomic mass is 10.2. The largest absolute Gasteiger partial charge is 0.494 e. The van der Waals surface area contributed by atoms with E-state index in [1.165, 1.54) is 23.5 Å². The number of thioether (sulfide) groups is 1. The van der Waals surface area contributed by atoms with E-state index in [0.29, 0.717) is 23.2 Å². The third kappa shape index (κ3) is 6.21. The third-order valence-corrected chi connectivity index (χ3v) is 5.55. The Bertz CT molecular complexity index is 901. The molecule has 0 spiro atoms. The van der Waals surface area contributed by atoms with Gasteiger partial charge in [-0.15, -0.1) is 22.0 Å². The van der Waals surface area contributed by atoms with Gasteiger partial charge in [-0.05, 0) is 48.9 Å². The third-order valence-electron chi connectivity index (χ3n) is 3.52. The Labute approximate surface area is 170 Å². The fraction of sp³-hybridized carbons (Fsp3) is 0.211. The number of nitrogens with one attached hydrogen (secondary N) is 2. The van der Waals surface area contributed by atoms with Crippen LogP contribution in [0.1, 0.15) is 17.5 Å². The number of amides is 2. The molecule has 0 fully saturated rings. The molecule has 0 bridgehead atoms. The second-order valence-corrected chi connectivity index (χ2v) is 7.70. The molecule has 0 radical (unpaired) electrons. The first kappa shape index (κ1) is 20.1. The number of anilines is 2. The van der Waals surface area contributed by atoms with Crippen molar-refractivity contribution in [2.75, 3.05) is 17.2 Å². The fourth-order valence-corrected chi connectivity index (χ4v) is 4.04. The Kier molecular flexibility index (Phi) is 7.21. The van der Waals surface area contributed by atoms with E-state index < -0.39 is 0 Å². The molecule has 0 aliphatic rings. The average Bonchev–Trinajstić information content (AvgIpc) is 3.12. The molecule has 0 saturated heterocycles. The lowest BCUT2D eigenvalue weighted by molar-refractivity contribution is 0.262. The van der Waals surface area contributed by atoms with Crippen LogP contribution in [-0.2, 0) is 11.5 Å². The van der Waals surface area contributed by atoms with Crippen LogP contribution in [0, 0.1) is 5.82 Å². The van der Waals surface area contributed by atoms with Gasteiger partial charge in [0, 0.05) is 17.2 Å². The second kappa shape index (κ2) is 10.0. The minimum Gasteiger partial charge on any atom is -0.494 e. The highest BCUT2D eigenvalue weighted by atomic mass is 32.2. The van der Waals surface area contributed by atoms with E-state index in [-0.39, 0.29) is 11.8 Å². The second-order valence-electron chi connectivity index (χ2n) is 5.66. The van der Waals surface area contributed by atoms with Crippen molar-refractivity contribution in [3.8, 4) is 5.75 Å². The molecule has 1 heterocycles. The maximum Gasteiger partial charge on any atom is 0.325 e. The van der Waals surface area contributed by atoms with Crippen LogP contribution in [0.5, 0.6) is 5.75 Å². The van der Waals surface area contributed by atoms with Gasteiger partial charge in [-0.25, -0.2) is 9.18 Å². The van der Waals surface area contributed by atoms with Gasteiger partial charge in [-0.1, -0.05) is 23.5 Å². The molecule has 6 nitrogen and oxygen atoms in total. The van der Waals surface area contributed by atoms with Crippen LogP contribution in [0.15, 0.2) is 48.5 Å². The number of rotatable bonds is 8. The smallest absolute Gasteiger partial charge is 0.325 e. The van der Waals surface area contributed by atoms with Crippen molar-refractivity contribution in [2.24, 2.45) is 0 Å². The fourth-order valence-electron chi connectivity index (χ4n) is 2.26. The molecule has 0 atom stereocenters. The molecular weight excluding hydrogens is 399 g/mol. The summed E-state index contributed by atoms with van der Waals surface area (Å²) in [6, 6.07) is 13.2. The van der Waals surface area contributed by atoms with Crippen LogP contribution in [0.4, 0.5) is 20.0 Å². The minimum absolute atomic E-state index is 0.239. The highest BCUT2D eigenvalue weighted by molar-refractivity contribution is 7.97. The quantitative estimate of drug-likeness (QED) is 0.529. The summed E-state index contributed by atoms with van der Waals surface area (Å²) in [5.41, 5.74) is 1.70. The highest BCUT2D eigenvalue weighted by Gasteiger charge is 2.09. The van der Waals surface area contributed by atoms with Gasteiger partial charge in [0.2, 0.25) is 5.13 Å². The molecule has 9 heteroatoms. The number of hydrogen-bond donors (Lipinski definition) is 2. The lowest BCUT2D eigenvalue weighted by Gasteiger charge is -2.06. The number of carbonyl (C=O) groups excluding carboxylic acids is 1. The first-order valence-electron chi connectivity index (χ1n) is 8.58. The van der Waals surface area contributed by atoms with Gasteiger partial charge in [0.05, 0.1) is 6.61 Å². The first-order chi connectivity index (χ1) is 13.6. The molecule has 2 N–H and O–H groups in total. The normalized spacial score (nSPS) is 10.5. The van der Waals surface area contributed by atoms with Gasteiger partial charge in [-0.2, -0.15) is 0 Å². The van der Waals surface area contributed by atoms with Crippen molar-refractivity contribution < 1.29 is 13.9 Å². The van der Waals surface area contributed by atoms with Gasteiger partial charge >= 0.3 is 6.03 Å². The Morgan fingerprint density at radius 2 is 1.82 bits per heavy atom. The maximum absolute atomic E-state index is 12.9. The molecule has 3 aromatic rings. The van der Waals surface area contributed by atoms with Crippen LogP contribution in [0.2, 0.25) is 0 Å². The Balaban J connectivity index is 1.44. The summed E-state index contributed by atoms with van der Waals surface area (Å²) in [5, 5.41) is 14.7. The van der Waals surface area contributed by atoms with Gasteiger partial charge in [0.25, 0.3) is 0 Å². The van der Waals surface area contributed by atoms with Gasteiger partial charge in [-0.3, -0.25) is 5.32 Å². The topological polar surface area (TPSA) is 76.1 Å². The van der Waals surface area contributed by atoms with Crippen molar-refractivity contribution in [1.82, 2.24) is 10.2 Å². The summed E-state index contributed by atoms with van der Waals surface area (Å²) in [6.07, 6.45) is 0. The number of benzene rings is 2. The Morgan fingerprint density at radius 1 is 1.07 bits per heavy atom.